The first-order chi connectivity index (χ1) is 28.4. The van der Waals surface area contributed by atoms with E-state index < -0.39 is 75.7 Å². The lowest BCUT2D eigenvalue weighted by molar-refractivity contribution is -0.220. The highest BCUT2D eigenvalue weighted by Crippen LogP contribution is 2.47. The Morgan fingerprint density at radius 1 is 0.525 bits per heavy atom. The zero-order valence-corrected chi connectivity index (χ0v) is 37.4. The van der Waals surface area contributed by atoms with E-state index in [0.29, 0.717) is 12.8 Å². The van der Waals surface area contributed by atoms with Gasteiger partial charge < -0.3 is 39.9 Å². The third-order valence-electron chi connectivity index (χ3n) is 10.8. The van der Waals surface area contributed by atoms with Crippen molar-refractivity contribution in [3.8, 4) is 0 Å². The summed E-state index contributed by atoms with van der Waals surface area (Å²) in [6, 6.07) is 0. The molecule has 1 rings (SSSR count). The van der Waals surface area contributed by atoms with Crippen molar-refractivity contribution in [1.82, 2.24) is 0 Å². The number of esters is 2. The van der Waals surface area contributed by atoms with Gasteiger partial charge in [-0.25, -0.2) is 4.57 Å². The first-order valence-corrected chi connectivity index (χ1v) is 24.6. The van der Waals surface area contributed by atoms with Gasteiger partial charge in [0.15, 0.2) is 6.10 Å². The van der Waals surface area contributed by atoms with Crippen LogP contribution in [0.4, 0.5) is 0 Å². The molecule has 13 nitrogen and oxygen atoms in total. The van der Waals surface area contributed by atoms with E-state index in [4.69, 9.17) is 18.5 Å². The summed E-state index contributed by atoms with van der Waals surface area (Å²) in [5.74, 6) is -1.11. The predicted octanol–water partition coefficient (Wildman–Crippen LogP) is 8.84. The number of phosphoric acid groups is 1. The SMILES string of the molecule is CCCCC/C=C\C/C=C\CCCCCCCC(=O)O[C@H](COC(=O)CCCCCCCCCCCCCCCCC)COP(=O)(O)OC1[C@@H](O)[C@H](O)C(O)[C@H](O)[C@@H]1O. The van der Waals surface area contributed by atoms with E-state index >= 15 is 0 Å². The molecule has 1 aliphatic rings. The number of carbonyl (C=O) groups excluding carboxylic acids is 2. The highest BCUT2D eigenvalue weighted by Gasteiger charge is 2.51. The zero-order chi connectivity index (χ0) is 43.6. The maximum atomic E-state index is 12.8. The Bertz CT molecular complexity index is 1130. The minimum absolute atomic E-state index is 0.0832. The van der Waals surface area contributed by atoms with Crippen LogP contribution in [0.1, 0.15) is 194 Å². The van der Waals surface area contributed by atoms with Gasteiger partial charge in [0.1, 0.15) is 43.2 Å². The standard InChI is InChI=1S/C45H83O13P/c1-3-5-7-9-11-13-15-17-19-21-23-25-27-29-31-33-38(46)55-35-37(36-56-59(53,54)58-45-43(51)41(49)40(48)42(50)44(45)52)57-39(47)34-32-30-28-26-24-22-20-18-16-14-12-10-8-6-4-2/h12,14,18,20,37,40-45,48-52H,3-11,13,15-17,19,21-36H2,1-2H3,(H,53,54)/b14-12-,20-18-/t37-,40?,41-,42+,43+,44+,45?/m1/s1. The second-order valence-electron chi connectivity index (χ2n) is 16.3. The van der Waals surface area contributed by atoms with E-state index in [1.807, 2.05) is 0 Å². The lowest BCUT2D eigenvalue weighted by atomic mass is 9.85. The van der Waals surface area contributed by atoms with E-state index in [0.717, 1.165) is 64.2 Å². The van der Waals surface area contributed by atoms with E-state index in [9.17, 15) is 44.6 Å². The molecular weight excluding hydrogens is 779 g/mol. The molecule has 8 atom stereocenters. The van der Waals surface area contributed by atoms with Crippen molar-refractivity contribution >= 4 is 19.8 Å². The number of hydrogen-bond donors (Lipinski definition) is 6. The first kappa shape index (κ1) is 55.3. The number of unbranched alkanes of at least 4 members (excludes halogenated alkanes) is 22. The quantitative estimate of drug-likeness (QED) is 0.0149. The van der Waals surface area contributed by atoms with E-state index in [1.165, 1.54) is 89.9 Å². The number of phosphoric ester groups is 1. The normalized spacial score (nSPS) is 22.5. The molecule has 0 radical (unpaired) electrons. The molecule has 0 amide bonds. The van der Waals surface area contributed by atoms with Crippen LogP contribution in [0, 0.1) is 0 Å². The predicted molar refractivity (Wildman–Crippen MR) is 230 cm³/mol. The number of ether oxygens (including phenoxy) is 2. The van der Waals surface area contributed by atoms with Gasteiger partial charge in [-0.15, -0.1) is 0 Å². The molecule has 346 valence electrons. The lowest BCUT2D eigenvalue weighted by Crippen LogP contribution is -2.64. The van der Waals surface area contributed by atoms with Gasteiger partial charge in [-0.05, 0) is 44.9 Å². The van der Waals surface area contributed by atoms with Gasteiger partial charge in [-0.2, -0.15) is 0 Å². The fraction of sp³-hybridized carbons (Fsp3) is 0.867. The number of rotatable bonds is 38. The van der Waals surface area contributed by atoms with E-state index in [-0.39, 0.29) is 12.8 Å². The van der Waals surface area contributed by atoms with Gasteiger partial charge in [0, 0.05) is 12.8 Å². The summed E-state index contributed by atoms with van der Waals surface area (Å²) in [5, 5.41) is 50.1. The van der Waals surface area contributed by atoms with Gasteiger partial charge in [0.25, 0.3) is 0 Å². The average molecular weight is 863 g/mol. The van der Waals surface area contributed by atoms with Gasteiger partial charge in [0.2, 0.25) is 0 Å². The van der Waals surface area contributed by atoms with Crippen molar-refractivity contribution < 1.29 is 63.1 Å². The van der Waals surface area contributed by atoms with Crippen molar-refractivity contribution in [1.29, 1.82) is 0 Å². The van der Waals surface area contributed by atoms with Crippen LogP contribution in [-0.2, 0) is 32.7 Å². The lowest BCUT2D eigenvalue weighted by Gasteiger charge is -2.41. The fourth-order valence-electron chi connectivity index (χ4n) is 7.02. The van der Waals surface area contributed by atoms with Crippen LogP contribution in [0.25, 0.3) is 0 Å². The largest absolute Gasteiger partial charge is 0.472 e. The molecule has 14 heteroatoms. The second-order valence-corrected chi connectivity index (χ2v) is 17.7. The molecule has 1 aliphatic carbocycles. The molecule has 6 N–H and O–H groups in total. The maximum Gasteiger partial charge on any atom is 0.472 e. The van der Waals surface area contributed by atoms with Crippen LogP contribution in [0.2, 0.25) is 0 Å². The summed E-state index contributed by atoms with van der Waals surface area (Å²) < 4.78 is 33.5. The summed E-state index contributed by atoms with van der Waals surface area (Å²) in [6.07, 6.45) is 25.1. The van der Waals surface area contributed by atoms with Crippen LogP contribution in [-0.4, -0.2) is 98.3 Å². The summed E-state index contributed by atoms with van der Waals surface area (Å²) in [5.41, 5.74) is 0. The Balaban J connectivity index is 2.47. The molecule has 59 heavy (non-hydrogen) atoms. The molecule has 0 saturated heterocycles. The Morgan fingerprint density at radius 2 is 0.915 bits per heavy atom. The van der Waals surface area contributed by atoms with E-state index in [2.05, 4.69) is 38.2 Å². The molecule has 1 saturated carbocycles. The van der Waals surface area contributed by atoms with Crippen LogP contribution < -0.4 is 0 Å². The molecule has 0 heterocycles. The van der Waals surface area contributed by atoms with Crippen LogP contribution in [0.5, 0.6) is 0 Å². The fourth-order valence-corrected chi connectivity index (χ4v) is 8.00. The molecular formula is C45H83O13P. The Labute approximate surface area is 356 Å². The minimum Gasteiger partial charge on any atom is -0.462 e. The molecule has 0 bridgehead atoms. The first-order valence-electron chi connectivity index (χ1n) is 23.1. The van der Waals surface area contributed by atoms with Gasteiger partial charge in [-0.1, -0.05) is 160 Å². The van der Waals surface area contributed by atoms with Crippen LogP contribution in [0.3, 0.4) is 0 Å². The molecule has 0 aromatic heterocycles. The number of aliphatic hydroxyl groups is 5. The maximum absolute atomic E-state index is 12.8. The summed E-state index contributed by atoms with van der Waals surface area (Å²) in [7, 11) is -5.12. The molecule has 0 aliphatic heterocycles. The highest BCUT2D eigenvalue weighted by atomic mass is 31.2. The second kappa shape index (κ2) is 35.9. The van der Waals surface area contributed by atoms with Gasteiger partial charge >= 0.3 is 19.8 Å². The third-order valence-corrected chi connectivity index (χ3v) is 11.8. The van der Waals surface area contributed by atoms with Crippen molar-refractivity contribution in [3.63, 3.8) is 0 Å². The van der Waals surface area contributed by atoms with Crippen LogP contribution >= 0.6 is 7.82 Å². The Hall–Kier alpha value is -1.67. The minimum atomic E-state index is -5.12. The van der Waals surface area contributed by atoms with Crippen molar-refractivity contribution in [3.05, 3.63) is 24.3 Å². The van der Waals surface area contributed by atoms with Gasteiger partial charge in [0.05, 0.1) is 6.61 Å². The molecule has 0 spiro atoms. The van der Waals surface area contributed by atoms with Crippen molar-refractivity contribution in [2.24, 2.45) is 0 Å². The number of aliphatic hydroxyl groups excluding tert-OH is 5. The zero-order valence-electron chi connectivity index (χ0n) is 36.6. The van der Waals surface area contributed by atoms with Gasteiger partial charge in [-0.3, -0.25) is 18.6 Å². The number of hydrogen-bond acceptors (Lipinski definition) is 12. The Morgan fingerprint density at radius 3 is 1.41 bits per heavy atom. The van der Waals surface area contributed by atoms with Crippen LogP contribution in [0.15, 0.2) is 24.3 Å². The summed E-state index contributed by atoms with van der Waals surface area (Å²) >= 11 is 0. The van der Waals surface area contributed by atoms with Crippen molar-refractivity contribution in [2.75, 3.05) is 13.2 Å². The monoisotopic (exact) mass is 863 g/mol. The summed E-state index contributed by atoms with van der Waals surface area (Å²) in [6.45, 7) is 3.27. The number of allylic oxidation sites excluding steroid dienone is 4. The molecule has 1 fully saturated rings. The molecule has 0 aromatic rings. The van der Waals surface area contributed by atoms with Crippen molar-refractivity contribution in [2.45, 2.75) is 236 Å². The topological polar surface area (TPSA) is 210 Å². The highest BCUT2D eigenvalue weighted by molar-refractivity contribution is 7.47. The molecule has 3 unspecified atom stereocenters. The smallest absolute Gasteiger partial charge is 0.462 e. The Kier molecular flexibility index (Phi) is 33.7. The average Bonchev–Trinajstić information content (AvgIpc) is 3.21. The summed E-state index contributed by atoms with van der Waals surface area (Å²) in [4.78, 5) is 35.7. The molecule has 0 aromatic carbocycles. The third kappa shape index (κ3) is 28.5. The number of carbonyl (C=O) groups is 2. The van der Waals surface area contributed by atoms with E-state index in [1.54, 1.807) is 0 Å².